The van der Waals surface area contributed by atoms with Gasteiger partial charge in [-0.2, -0.15) is 5.10 Å². The summed E-state index contributed by atoms with van der Waals surface area (Å²) in [7, 11) is 3.24. The van der Waals surface area contributed by atoms with Gasteiger partial charge < -0.3 is 25.0 Å². The molecule has 0 spiro atoms. The van der Waals surface area contributed by atoms with E-state index >= 15 is 0 Å². The second-order valence-electron chi connectivity index (χ2n) is 13.1. The van der Waals surface area contributed by atoms with Crippen LogP contribution >= 0.6 is 11.6 Å². The number of nitrogens with zero attached hydrogens (tertiary/aromatic N) is 5. The Bertz CT molecular complexity index is 1860. The van der Waals surface area contributed by atoms with E-state index in [4.69, 9.17) is 26.1 Å². The predicted molar refractivity (Wildman–Crippen MR) is 180 cm³/mol. The van der Waals surface area contributed by atoms with Gasteiger partial charge in [-0.15, -0.1) is 0 Å². The standard InChI is InChI=1S/C34H42ClN7O5/c1-20(2)36-16-28-39-42-18-22(15-27(42)32(44)40(28)6)24-9-8-10-25(30(24)35)26-13-11-21(31(38-26)46-7)17-41(33(45)47-34(3,4)5)19-23-12-14-29(43)37-23/h8-11,13,15,18,20,23,36H,12,14,16-17,19H2,1-7H3,(H,37,43)/t23-/m0/s1. The van der Waals surface area contributed by atoms with Crippen LogP contribution in [0.3, 0.4) is 0 Å². The third kappa shape index (κ3) is 7.77. The van der Waals surface area contributed by atoms with Crippen LogP contribution in [0, 0.1) is 0 Å². The first kappa shape index (κ1) is 33.9. The van der Waals surface area contributed by atoms with Gasteiger partial charge in [-0.05, 0) is 45.4 Å². The molecule has 2 N–H and O–H groups in total. The number of carbonyl (C=O) groups excluding carboxylic acids is 2. The van der Waals surface area contributed by atoms with E-state index < -0.39 is 11.7 Å². The number of pyridine rings is 1. The van der Waals surface area contributed by atoms with E-state index in [0.717, 1.165) is 11.1 Å². The molecule has 3 aromatic heterocycles. The molecule has 5 rings (SSSR count). The van der Waals surface area contributed by atoms with E-state index in [2.05, 4.69) is 15.7 Å². The van der Waals surface area contributed by atoms with E-state index in [1.807, 2.05) is 65.0 Å². The van der Waals surface area contributed by atoms with Crippen LogP contribution in [0.4, 0.5) is 4.79 Å². The average Bonchev–Trinajstić information content (AvgIpc) is 3.63. The molecular formula is C34H42ClN7O5. The van der Waals surface area contributed by atoms with Crippen molar-refractivity contribution in [3.8, 4) is 28.3 Å². The summed E-state index contributed by atoms with van der Waals surface area (Å²) < 4.78 is 14.5. The molecule has 0 unspecified atom stereocenters. The quantitative estimate of drug-likeness (QED) is 0.244. The van der Waals surface area contributed by atoms with E-state index in [1.54, 1.807) is 33.3 Å². The number of carbonyl (C=O) groups is 2. The Morgan fingerprint density at radius 3 is 2.60 bits per heavy atom. The lowest BCUT2D eigenvalue weighted by atomic mass is 10.0. The Morgan fingerprint density at radius 2 is 1.94 bits per heavy atom. The third-order valence-electron chi connectivity index (χ3n) is 7.86. The monoisotopic (exact) mass is 663 g/mol. The fourth-order valence-electron chi connectivity index (χ4n) is 5.46. The van der Waals surface area contributed by atoms with E-state index in [9.17, 15) is 14.4 Å². The van der Waals surface area contributed by atoms with Crippen LogP contribution in [0.2, 0.25) is 5.02 Å². The topological polar surface area (TPSA) is 132 Å². The van der Waals surface area contributed by atoms with Crippen molar-refractivity contribution in [3.63, 3.8) is 0 Å². The van der Waals surface area contributed by atoms with E-state index in [-0.39, 0.29) is 30.1 Å². The second-order valence-corrected chi connectivity index (χ2v) is 13.4. The first-order valence-electron chi connectivity index (χ1n) is 15.7. The molecule has 1 aliphatic heterocycles. The fraction of sp³-hybridized carbons (Fsp3) is 0.441. The molecular weight excluding hydrogens is 622 g/mol. The van der Waals surface area contributed by atoms with Gasteiger partial charge in [0.05, 0.1) is 30.9 Å². The molecule has 47 heavy (non-hydrogen) atoms. The zero-order chi connectivity index (χ0) is 34.0. The number of hydrogen-bond donors (Lipinski definition) is 2. The van der Waals surface area contributed by atoms with Gasteiger partial charge in [-0.1, -0.05) is 43.6 Å². The molecule has 1 atom stereocenters. The van der Waals surface area contributed by atoms with Crippen molar-refractivity contribution >= 4 is 29.1 Å². The highest BCUT2D eigenvalue weighted by Gasteiger charge is 2.29. The molecule has 0 radical (unpaired) electrons. The average molecular weight is 664 g/mol. The Balaban J connectivity index is 1.45. The van der Waals surface area contributed by atoms with Crippen molar-refractivity contribution < 1.29 is 19.1 Å². The third-order valence-corrected chi connectivity index (χ3v) is 8.27. The number of ether oxygens (including phenoxy) is 2. The number of rotatable bonds is 10. The number of benzene rings is 1. The zero-order valence-electron chi connectivity index (χ0n) is 27.9. The number of hydrogen-bond acceptors (Lipinski definition) is 8. The minimum absolute atomic E-state index is 0.0299. The van der Waals surface area contributed by atoms with Gasteiger partial charge in [-0.25, -0.2) is 14.3 Å². The van der Waals surface area contributed by atoms with Crippen molar-refractivity contribution in [2.75, 3.05) is 13.7 Å². The zero-order valence-corrected chi connectivity index (χ0v) is 28.6. The molecule has 0 saturated carbocycles. The Labute approximate surface area is 279 Å². The van der Waals surface area contributed by atoms with Gasteiger partial charge >= 0.3 is 6.09 Å². The maximum atomic E-state index is 13.2. The fourth-order valence-corrected chi connectivity index (χ4v) is 5.79. The second kappa shape index (κ2) is 13.7. The summed E-state index contributed by atoms with van der Waals surface area (Å²) in [5, 5.41) is 11.4. The SMILES string of the molecule is COc1nc(-c2cccc(-c3cc4c(=O)n(C)c(CNC(C)C)nn4c3)c2Cl)ccc1CN(C[C@@H]1CCC(=O)N1)C(=O)OC(C)(C)C. The Kier molecular flexibility index (Phi) is 9.92. The van der Waals surface area contributed by atoms with Crippen LogP contribution < -0.4 is 20.9 Å². The van der Waals surface area contributed by atoms with Crippen molar-refractivity contribution in [2.45, 2.75) is 78.2 Å². The summed E-state index contributed by atoms with van der Waals surface area (Å²) in [6, 6.07) is 11.2. The molecule has 1 saturated heterocycles. The number of nitrogens with one attached hydrogen (secondary N) is 2. The molecule has 2 amide bonds. The van der Waals surface area contributed by atoms with Crippen molar-refractivity contribution in [2.24, 2.45) is 7.05 Å². The highest BCUT2D eigenvalue weighted by molar-refractivity contribution is 6.36. The largest absolute Gasteiger partial charge is 0.481 e. The highest BCUT2D eigenvalue weighted by Crippen LogP contribution is 2.37. The smallest absolute Gasteiger partial charge is 0.410 e. The molecule has 250 valence electrons. The summed E-state index contributed by atoms with van der Waals surface area (Å²) >= 11 is 7.01. The van der Waals surface area contributed by atoms with Gasteiger partial charge in [0.15, 0.2) is 0 Å². The molecule has 0 bridgehead atoms. The lowest BCUT2D eigenvalue weighted by molar-refractivity contribution is -0.119. The van der Waals surface area contributed by atoms with Crippen LogP contribution in [0.1, 0.15) is 58.8 Å². The van der Waals surface area contributed by atoms with Gasteiger partial charge in [0, 0.05) is 60.5 Å². The van der Waals surface area contributed by atoms with E-state index in [1.165, 1.54) is 7.11 Å². The molecule has 13 heteroatoms. The van der Waals surface area contributed by atoms with Gasteiger partial charge in [0.25, 0.3) is 5.56 Å². The van der Waals surface area contributed by atoms with Crippen LogP contribution in [-0.4, -0.2) is 67.4 Å². The normalized spacial score (nSPS) is 14.9. The molecule has 1 aliphatic rings. The minimum atomic E-state index is -0.690. The summed E-state index contributed by atoms with van der Waals surface area (Å²) in [6.07, 6.45) is 2.37. The maximum Gasteiger partial charge on any atom is 0.410 e. The van der Waals surface area contributed by atoms with Crippen LogP contribution in [0.5, 0.6) is 5.88 Å². The lowest BCUT2D eigenvalue weighted by Gasteiger charge is -2.29. The van der Waals surface area contributed by atoms with Crippen molar-refractivity contribution in [1.29, 1.82) is 0 Å². The van der Waals surface area contributed by atoms with Crippen LogP contribution in [0.25, 0.3) is 27.9 Å². The summed E-state index contributed by atoms with van der Waals surface area (Å²) in [5.74, 6) is 0.920. The number of halogens is 1. The number of methoxy groups -OCH3 is 1. The first-order chi connectivity index (χ1) is 22.2. The molecule has 4 aromatic rings. The van der Waals surface area contributed by atoms with Gasteiger partial charge in [-0.3, -0.25) is 14.2 Å². The van der Waals surface area contributed by atoms with Gasteiger partial charge in [0.1, 0.15) is 16.9 Å². The first-order valence-corrected chi connectivity index (χ1v) is 16.0. The van der Waals surface area contributed by atoms with Crippen molar-refractivity contribution in [1.82, 2.24) is 34.7 Å². The summed E-state index contributed by atoms with van der Waals surface area (Å²) in [5.41, 5.74) is 2.97. The predicted octanol–water partition coefficient (Wildman–Crippen LogP) is 4.94. The maximum absolute atomic E-state index is 13.2. The van der Waals surface area contributed by atoms with E-state index in [0.29, 0.717) is 65.0 Å². The minimum Gasteiger partial charge on any atom is -0.481 e. The lowest BCUT2D eigenvalue weighted by Crippen LogP contribution is -2.43. The molecule has 0 aliphatic carbocycles. The Hall–Kier alpha value is -4.42. The summed E-state index contributed by atoms with van der Waals surface area (Å²) in [6.45, 7) is 10.4. The molecule has 12 nitrogen and oxygen atoms in total. The summed E-state index contributed by atoms with van der Waals surface area (Å²) in [4.78, 5) is 44.5. The van der Waals surface area contributed by atoms with Crippen molar-refractivity contribution in [3.05, 3.63) is 69.4 Å². The van der Waals surface area contributed by atoms with Gasteiger partial charge in [0.2, 0.25) is 11.8 Å². The highest BCUT2D eigenvalue weighted by atomic mass is 35.5. The van der Waals surface area contributed by atoms with Crippen LogP contribution in [0.15, 0.2) is 47.4 Å². The Morgan fingerprint density at radius 1 is 1.19 bits per heavy atom. The number of fused-ring (bicyclic) bond motifs is 1. The number of aromatic nitrogens is 4. The van der Waals surface area contributed by atoms with Crippen LogP contribution in [-0.2, 0) is 29.7 Å². The molecule has 4 heterocycles. The molecule has 1 fully saturated rings. The number of amides is 2. The molecule has 1 aromatic carbocycles.